The molecule has 0 spiro atoms. The molecule has 0 atom stereocenters. The number of hydrogen-bond donors (Lipinski definition) is 2. The number of Topliss-reactive ketones (excluding diaryl/α,β-unsaturated/α-hetero) is 1. The molecule has 2 aromatic rings. The van der Waals surface area contributed by atoms with Crippen LogP contribution in [0.3, 0.4) is 0 Å². The van der Waals surface area contributed by atoms with Crippen LogP contribution in [-0.2, 0) is 15.6 Å². The largest absolute Gasteiger partial charge is 0.317 e. The van der Waals surface area contributed by atoms with Gasteiger partial charge in [0.25, 0.3) is 0 Å². The number of ketones is 1. The summed E-state index contributed by atoms with van der Waals surface area (Å²) in [7, 11) is 0. The highest BCUT2D eigenvalue weighted by atomic mass is 35.5. The third-order valence-electron chi connectivity index (χ3n) is 6.58. The lowest BCUT2D eigenvalue weighted by Gasteiger charge is -2.46. The molecule has 0 amide bonds. The molecule has 0 aromatic heterocycles. The lowest BCUT2D eigenvalue weighted by molar-refractivity contribution is -0.132. The molecule has 0 aliphatic carbocycles. The minimum atomic E-state index is -0.479. The van der Waals surface area contributed by atoms with Gasteiger partial charge in [0, 0.05) is 10.0 Å². The predicted octanol–water partition coefficient (Wildman–Crippen LogP) is 4.51. The van der Waals surface area contributed by atoms with Crippen molar-refractivity contribution >= 4 is 29.0 Å². The Morgan fingerprint density at radius 1 is 0.643 bits per heavy atom. The summed E-state index contributed by atoms with van der Waals surface area (Å²) in [4.78, 5) is 14.4. The molecule has 2 N–H and O–H groups in total. The lowest BCUT2D eigenvalue weighted by atomic mass is 9.57. The van der Waals surface area contributed by atoms with Gasteiger partial charge in [-0.15, -0.1) is 0 Å². The number of hydrogen-bond acceptors (Lipinski definition) is 3. The zero-order valence-corrected chi connectivity index (χ0v) is 17.5. The standard InChI is InChI=1S/C23H26Cl2N2O/c24-19-5-1-17(2-6-19)22(9-13-26-14-10-22)21(28)23(11-15-27-16-12-23)18-3-7-20(25)8-4-18/h1-8,26-27H,9-16H2. The SMILES string of the molecule is O=C(C1(c2ccc(Cl)cc2)CCNCC1)C1(c2ccc(Cl)cc2)CCNCC1. The summed E-state index contributed by atoms with van der Waals surface area (Å²) in [5.41, 5.74) is 1.23. The molecule has 0 unspecified atom stereocenters. The molecule has 0 saturated carbocycles. The Kier molecular flexibility index (Phi) is 5.80. The van der Waals surface area contributed by atoms with Gasteiger partial charge < -0.3 is 10.6 Å². The van der Waals surface area contributed by atoms with Gasteiger partial charge in [-0.25, -0.2) is 0 Å². The van der Waals surface area contributed by atoms with Crippen LogP contribution in [0, 0.1) is 0 Å². The van der Waals surface area contributed by atoms with E-state index in [-0.39, 0.29) is 0 Å². The summed E-state index contributed by atoms with van der Waals surface area (Å²) >= 11 is 12.3. The molecule has 2 aromatic carbocycles. The molecule has 2 saturated heterocycles. The molecule has 3 nitrogen and oxygen atoms in total. The highest BCUT2D eigenvalue weighted by molar-refractivity contribution is 6.30. The smallest absolute Gasteiger partial charge is 0.154 e. The van der Waals surface area contributed by atoms with Crippen LogP contribution >= 0.6 is 23.2 Å². The van der Waals surface area contributed by atoms with Gasteiger partial charge in [0.1, 0.15) is 0 Å². The summed E-state index contributed by atoms with van der Waals surface area (Å²) in [6.07, 6.45) is 3.26. The zero-order valence-electron chi connectivity index (χ0n) is 15.9. The van der Waals surface area contributed by atoms with Gasteiger partial charge in [-0.1, -0.05) is 47.5 Å². The van der Waals surface area contributed by atoms with Crippen LogP contribution in [0.1, 0.15) is 36.8 Å². The molecule has 4 rings (SSSR count). The minimum absolute atomic E-state index is 0.354. The zero-order chi connectivity index (χ0) is 19.6. The maximum absolute atomic E-state index is 14.4. The first kappa shape index (κ1) is 19.9. The van der Waals surface area contributed by atoms with Crippen LogP contribution in [0.4, 0.5) is 0 Å². The van der Waals surface area contributed by atoms with E-state index in [9.17, 15) is 4.79 Å². The van der Waals surface area contributed by atoms with Gasteiger partial charge in [0.05, 0.1) is 10.8 Å². The lowest BCUT2D eigenvalue weighted by Crippen LogP contribution is -2.56. The van der Waals surface area contributed by atoms with E-state index in [0.29, 0.717) is 15.8 Å². The Morgan fingerprint density at radius 3 is 1.29 bits per heavy atom. The average Bonchev–Trinajstić information content (AvgIpc) is 2.75. The average molecular weight is 417 g/mol. The Hall–Kier alpha value is -1.39. The third-order valence-corrected chi connectivity index (χ3v) is 7.08. The van der Waals surface area contributed by atoms with Crippen LogP contribution in [0.25, 0.3) is 0 Å². The van der Waals surface area contributed by atoms with Crippen molar-refractivity contribution in [3.63, 3.8) is 0 Å². The predicted molar refractivity (Wildman–Crippen MR) is 115 cm³/mol. The van der Waals surface area contributed by atoms with Crippen molar-refractivity contribution in [2.75, 3.05) is 26.2 Å². The summed E-state index contributed by atoms with van der Waals surface area (Å²) < 4.78 is 0. The number of carbonyl (C=O) groups is 1. The topological polar surface area (TPSA) is 41.1 Å². The summed E-state index contributed by atoms with van der Waals surface area (Å²) in [5, 5.41) is 8.27. The van der Waals surface area contributed by atoms with Crippen LogP contribution in [0.15, 0.2) is 48.5 Å². The summed E-state index contributed by atoms with van der Waals surface area (Å²) in [5.74, 6) is 0.354. The van der Waals surface area contributed by atoms with E-state index in [1.54, 1.807) is 0 Å². The van der Waals surface area contributed by atoms with Crippen molar-refractivity contribution in [1.82, 2.24) is 10.6 Å². The van der Waals surface area contributed by atoms with Crippen LogP contribution < -0.4 is 10.6 Å². The molecule has 28 heavy (non-hydrogen) atoms. The number of piperidine rings is 2. The van der Waals surface area contributed by atoms with E-state index in [2.05, 4.69) is 10.6 Å². The molecule has 2 aliphatic rings. The van der Waals surface area contributed by atoms with E-state index in [1.165, 1.54) is 0 Å². The monoisotopic (exact) mass is 416 g/mol. The van der Waals surface area contributed by atoms with Crippen molar-refractivity contribution in [2.24, 2.45) is 0 Å². The fraction of sp³-hybridized carbons (Fsp3) is 0.435. The van der Waals surface area contributed by atoms with Crippen LogP contribution in [0.2, 0.25) is 10.0 Å². The molecule has 2 fully saturated rings. The second-order valence-electron chi connectivity index (χ2n) is 8.01. The van der Waals surface area contributed by atoms with E-state index < -0.39 is 10.8 Å². The molecule has 148 valence electrons. The molecule has 0 radical (unpaired) electrons. The number of nitrogens with one attached hydrogen (secondary N) is 2. The molecule has 0 bridgehead atoms. The fourth-order valence-electron chi connectivity index (χ4n) is 5.00. The maximum Gasteiger partial charge on any atom is 0.154 e. The van der Waals surface area contributed by atoms with Gasteiger partial charge in [0.2, 0.25) is 0 Å². The van der Waals surface area contributed by atoms with Crippen LogP contribution in [0.5, 0.6) is 0 Å². The van der Waals surface area contributed by atoms with Gasteiger partial charge in [-0.3, -0.25) is 4.79 Å². The fourth-order valence-corrected chi connectivity index (χ4v) is 5.25. The minimum Gasteiger partial charge on any atom is -0.317 e. The first-order chi connectivity index (χ1) is 13.6. The summed E-state index contributed by atoms with van der Waals surface area (Å²) in [6, 6.07) is 15.8. The number of rotatable bonds is 4. The molecular weight excluding hydrogens is 391 g/mol. The highest BCUT2D eigenvalue weighted by Crippen LogP contribution is 2.46. The van der Waals surface area contributed by atoms with Gasteiger partial charge in [0.15, 0.2) is 5.78 Å². The van der Waals surface area contributed by atoms with Gasteiger partial charge >= 0.3 is 0 Å². The van der Waals surface area contributed by atoms with Gasteiger partial charge in [-0.2, -0.15) is 0 Å². The molecular formula is C23H26Cl2N2O. The Balaban J connectivity index is 1.82. The molecule has 5 heteroatoms. The van der Waals surface area contributed by atoms with E-state index in [0.717, 1.165) is 63.0 Å². The van der Waals surface area contributed by atoms with E-state index in [4.69, 9.17) is 23.2 Å². The highest BCUT2D eigenvalue weighted by Gasteiger charge is 2.52. The van der Waals surface area contributed by atoms with Gasteiger partial charge in [-0.05, 0) is 87.3 Å². The van der Waals surface area contributed by atoms with Crippen molar-refractivity contribution < 1.29 is 4.79 Å². The molecule has 2 heterocycles. The Bertz CT molecular complexity index is 751. The number of halogens is 2. The maximum atomic E-state index is 14.4. The Morgan fingerprint density at radius 2 is 0.964 bits per heavy atom. The van der Waals surface area contributed by atoms with Crippen LogP contribution in [-0.4, -0.2) is 32.0 Å². The second-order valence-corrected chi connectivity index (χ2v) is 8.88. The second kappa shape index (κ2) is 8.16. The van der Waals surface area contributed by atoms with Crippen molar-refractivity contribution in [2.45, 2.75) is 36.5 Å². The Labute approximate surface area is 176 Å². The van der Waals surface area contributed by atoms with Crippen molar-refractivity contribution in [3.05, 3.63) is 69.7 Å². The molecule has 2 aliphatic heterocycles. The normalized spacial score (nSPS) is 21.2. The van der Waals surface area contributed by atoms with E-state index in [1.807, 2.05) is 48.5 Å². The summed E-state index contributed by atoms with van der Waals surface area (Å²) in [6.45, 7) is 3.40. The van der Waals surface area contributed by atoms with Crippen molar-refractivity contribution in [3.8, 4) is 0 Å². The van der Waals surface area contributed by atoms with Crippen molar-refractivity contribution in [1.29, 1.82) is 0 Å². The quantitative estimate of drug-likeness (QED) is 0.770. The first-order valence-corrected chi connectivity index (χ1v) is 10.8. The van der Waals surface area contributed by atoms with E-state index >= 15 is 0 Å². The first-order valence-electron chi connectivity index (χ1n) is 10.1. The number of carbonyl (C=O) groups excluding carboxylic acids is 1. The number of benzene rings is 2. The third kappa shape index (κ3) is 3.50.